The van der Waals surface area contributed by atoms with Crippen molar-refractivity contribution in [2.75, 3.05) is 12.3 Å². The molecule has 0 saturated heterocycles. The second-order valence-corrected chi connectivity index (χ2v) is 6.48. The van der Waals surface area contributed by atoms with E-state index in [-0.39, 0.29) is 24.7 Å². The maximum Gasteiger partial charge on any atom is 0.327 e. The summed E-state index contributed by atoms with van der Waals surface area (Å²) in [4.78, 5) is 51.2. The smallest absolute Gasteiger partial charge is 0.327 e. The number of aliphatic imine (C=N–C) groups is 1. The minimum absolute atomic E-state index is 0.113. The summed E-state index contributed by atoms with van der Waals surface area (Å²) in [5.41, 5.74) is 15.9. The Bertz CT molecular complexity index is 595. The molecule has 10 N–H and O–H groups in total. The van der Waals surface area contributed by atoms with E-state index in [9.17, 15) is 19.2 Å². The maximum absolute atomic E-state index is 12.4. The summed E-state index contributed by atoms with van der Waals surface area (Å²) in [5.74, 6) is -3.36. The van der Waals surface area contributed by atoms with Crippen molar-refractivity contribution in [1.29, 1.82) is 0 Å². The van der Waals surface area contributed by atoms with Gasteiger partial charge in [-0.1, -0.05) is 0 Å². The van der Waals surface area contributed by atoms with Crippen LogP contribution in [0.25, 0.3) is 0 Å². The normalized spacial score (nSPS) is 14.7. The maximum atomic E-state index is 12.4. The highest BCUT2D eigenvalue weighted by Gasteiger charge is 2.27. The molecule has 4 atom stereocenters. The minimum atomic E-state index is -1.26. The molecule has 0 aromatic carbocycles. The van der Waals surface area contributed by atoms with E-state index >= 15 is 0 Å². The number of nitrogens with two attached hydrogens (primary N) is 3. The van der Waals surface area contributed by atoms with Crippen LogP contribution in [0.1, 0.15) is 26.7 Å². The fourth-order valence-electron chi connectivity index (χ4n) is 1.94. The van der Waals surface area contributed by atoms with Gasteiger partial charge in [0.15, 0.2) is 5.96 Å². The van der Waals surface area contributed by atoms with Crippen molar-refractivity contribution in [2.45, 2.75) is 50.9 Å². The van der Waals surface area contributed by atoms with Gasteiger partial charge in [0, 0.05) is 12.3 Å². The Morgan fingerprint density at radius 2 is 1.57 bits per heavy atom. The van der Waals surface area contributed by atoms with Crippen LogP contribution in [0, 0.1) is 0 Å². The number of carboxylic acids is 1. The summed E-state index contributed by atoms with van der Waals surface area (Å²) >= 11 is 3.88. The summed E-state index contributed by atoms with van der Waals surface area (Å²) in [6.45, 7) is 3.11. The number of carbonyl (C=O) groups excluding carboxylic acids is 3. The Balaban J connectivity index is 5.07. The summed E-state index contributed by atoms with van der Waals surface area (Å²) in [5, 5.41) is 16.2. The Morgan fingerprint density at radius 1 is 1.00 bits per heavy atom. The molecule has 0 fully saturated rings. The Kier molecular flexibility index (Phi) is 11.6. The molecule has 0 saturated carbocycles. The highest BCUT2D eigenvalue weighted by Crippen LogP contribution is 2.02. The molecule has 0 aliphatic rings. The van der Waals surface area contributed by atoms with Crippen LogP contribution in [-0.2, 0) is 19.2 Å². The summed E-state index contributed by atoms with van der Waals surface area (Å²) in [7, 11) is 0. The van der Waals surface area contributed by atoms with Gasteiger partial charge >= 0.3 is 5.97 Å². The summed E-state index contributed by atoms with van der Waals surface area (Å²) in [6.07, 6.45) is 0.483. The number of nitrogens with zero attached hydrogens (tertiary/aromatic N) is 1. The fraction of sp³-hybridized carbons (Fsp3) is 0.667. The Morgan fingerprint density at radius 3 is 2.04 bits per heavy atom. The van der Waals surface area contributed by atoms with Crippen molar-refractivity contribution in [1.82, 2.24) is 16.0 Å². The number of amides is 3. The molecule has 0 radical (unpaired) electrons. The predicted molar refractivity (Wildman–Crippen MR) is 107 cm³/mol. The van der Waals surface area contributed by atoms with Gasteiger partial charge in [-0.2, -0.15) is 12.6 Å². The number of thiol groups is 1. The first-order valence-electron chi connectivity index (χ1n) is 8.55. The third-order valence-corrected chi connectivity index (χ3v) is 3.91. The van der Waals surface area contributed by atoms with Crippen molar-refractivity contribution < 1.29 is 24.3 Å². The van der Waals surface area contributed by atoms with Crippen molar-refractivity contribution in [3.63, 3.8) is 0 Å². The van der Waals surface area contributed by atoms with Gasteiger partial charge in [0.1, 0.15) is 18.1 Å². The van der Waals surface area contributed by atoms with Crippen molar-refractivity contribution >= 4 is 42.3 Å². The molecular formula is C15H29N7O5S. The average molecular weight is 420 g/mol. The molecule has 13 heteroatoms. The van der Waals surface area contributed by atoms with Crippen LogP contribution >= 0.6 is 12.6 Å². The lowest BCUT2D eigenvalue weighted by Crippen LogP contribution is -2.56. The van der Waals surface area contributed by atoms with Gasteiger partial charge < -0.3 is 38.3 Å². The van der Waals surface area contributed by atoms with E-state index in [4.69, 9.17) is 22.3 Å². The van der Waals surface area contributed by atoms with Crippen molar-refractivity contribution in [3.8, 4) is 0 Å². The number of nitrogens with one attached hydrogen (secondary N) is 3. The van der Waals surface area contributed by atoms with Gasteiger partial charge in [-0.05, 0) is 26.7 Å². The quantitative estimate of drug-likeness (QED) is 0.0698. The van der Waals surface area contributed by atoms with Gasteiger partial charge in [0.2, 0.25) is 17.7 Å². The second-order valence-electron chi connectivity index (χ2n) is 6.11. The molecule has 0 bridgehead atoms. The highest BCUT2D eigenvalue weighted by atomic mass is 32.1. The largest absolute Gasteiger partial charge is 0.480 e. The molecular weight excluding hydrogens is 390 g/mol. The van der Waals surface area contributed by atoms with Crippen LogP contribution in [0.2, 0.25) is 0 Å². The Labute approximate surface area is 168 Å². The third kappa shape index (κ3) is 9.97. The molecule has 0 spiro atoms. The lowest BCUT2D eigenvalue weighted by molar-refractivity contribution is -0.141. The molecule has 0 aliphatic carbocycles. The minimum Gasteiger partial charge on any atom is -0.480 e. The molecule has 160 valence electrons. The van der Waals surface area contributed by atoms with E-state index in [1.807, 2.05) is 0 Å². The summed E-state index contributed by atoms with van der Waals surface area (Å²) < 4.78 is 0. The van der Waals surface area contributed by atoms with Gasteiger partial charge in [0.25, 0.3) is 0 Å². The standard InChI is InChI=1S/C15H29N7O5S/c1-7(16)11(23)20-8(2)12(24)21-9(4-3-5-19-15(17)18)13(25)22-10(6-28)14(26)27/h7-10,28H,3-6,16H2,1-2H3,(H,20,23)(H,21,24)(H,22,25)(H,26,27)(H4,17,18,19). The first kappa shape index (κ1) is 25.5. The highest BCUT2D eigenvalue weighted by molar-refractivity contribution is 7.80. The van der Waals surface area contributed by atoms with Gasteiger partial charge in [-0.25, -0.2) is 4.79 Å². The van der Waals surface area contributed by atoms with E-state index in [0.29, 0.717) is 6.42 Å². The zero-order chi connectivity index (χ0) is 21.9. The first-order chi connectivity index (χ1) is 13.0. The molecule has 0 heterocycles. The molecule has 0 aliphatic heterocycles. The van der Waals surface area contributed by atoms with E-state index in [1.54, 1.807) is 0 Å². The molecule has 0 aromatic rings. The number of guanidine groups is 1. The van der Waals surface area contributed by atoms with Crippen LogP contribution in [0.15, 0.2) is 4.99 Å². The van der Waals surface area contributed by atoms with Gasteiger partial charge in [-0.3, -0.25) is 19.4 Å². The van der Waals surface area contributed by atoms with Crippen LogP contribution in [-0.4, -0.2) is 71.2 Å². The number of hydrogen-bond donors (Lipinski definition) is 8. The first-order valence-corrected chi connectivity index (χ1v) is 9.18. The molecule has 12 nitrogen and oxygen atoms in total. The molecule has 0 rings (SSSR count). The van der Waals surface area contributed by atoms with Crippen LogP contribution in [0.5, 0.6) is 0 Å². The molecule has 28 heavy (non-hydrogen) atoms. The zero-order valence-corrected chi connectivity index (χ0v) is 16.7. The monoisotopic (exact) mass is 419 g/mol. The number of carbonyl (C=O) groups is 4. The van der Waals surface area contributed by atoms with Crippen LogP contribution in [0.4, 0.5) is 0 Å². The SMILES string of the molecule is CC(N)C(=O)NC(C)C(=O)NC(CCCN=C(N)N)C(=O)NC(CS)C(=O)O. The number of aliphatic carboxylic acids is 1. The van der Waals surface area contributed by atoms with E-state index in [0.717, 1.165) is 0 Å². The zero-order valence-electron chi connectivity index (χ0n) is 15.8. The average Bonchev–Trinajstić information content (AvgIpc) is 2.60. The lowest BCUT2D eigenvalue weighted by atomic mass is 10.1. The van der Waals surface area contributed by atoms with Gasteiger partial charge in [0.05, 0.1) is 6.04 Å². The van der Waals surface area contributed by atoms with E-state index in [2.05, 4.69) is 33.6 Å². The molecule has 4 unspecified atom stereocenters. The Hall–Kier alpha value is -2.54. The van der Waals surface area contributed by atoms with Crippen LogP contribution in [0.3, 0.4) is 0 Å². The second kappa shape index (κ2) is 12.8. The van der Waals surface area contributed by atoms with Crippen molar-refractivity contribution in [3.05, 3.63) is 0 Å². The van der Waals surface area contributed by atoms with Crippen molar-refractivity contribution in [2.24, 2.45) is 22.2 Å². The third-order valence-electron chi connectivity index (χ3n) is 3.54. The number of hydrogen-bond acceptors (Lipinski definition) is 7. The number of carboxylic acid groups (broad SMARTS) is 1. The van der Waals surface area contributed by atoms with Crippen LogP contribution < -0.4 is 33.2 Å². The van der Waals surface area contributed by atoms with Gasteiger partial charge in [-0.15, -0.1) is 0 Å². The van der Waals surface area contributed by atoms with E-state index < -0.39 is 47.9 Å². The molecule has 3 amide bonds. The fourth-order valence-corrected chi connectivity index (χ4v) is 2.18. The topological polar surface area (TPSA) is 215 Å². The lowest BCUT2D eigenvalue weighted by Gasteiger charge is -2.23. The van der Waals surface area contributed by atoms with E-state index in [1.165, 1.54) is 13.8 Å². The number of rotatable bonds is 12. The molecule has 0 aromatic heterocycles. The predicted octanol–water partition coefficient (Wildman–Crippen LogP) is -3.12. The summed E-state index contributed by atoms with van der Waals surface area (Å²) in [6, 6.07) is -4.03.